The van der Waals surface area contributed by atoms with Crippen molar-refractivity contribution < 1.29 is 9.13 Å². The standard InChI is InChI=1S/C21H23ClFN3OS/c1-14(2)12-26-20(15(3)27-19-10-8-18(23)9-11-19)24-25-21(26)28-13-16-4-6-17(22)7-5-16/h4-11,14-15H,12-13H2,1-3H3. The van der Waals surface area contributed by atoms with Gasteiger partial charge < -0.3 is 9.30 Å². The molecule has 1 unspecified atom stereocenters. The molecule has 7 heteroatoms. The minimum Gasteiger partial charge on any atom is -0.483 e. The number of halogens is 2. The summed E-state index contributed by atoms with van der Waals surface area (Å²) in [5.74, 6) is 2.28. The molecule has 3 aromatic rings. The Morgan fingerprint density at radius 2 is 1.71 bits per heavy atom. The van der Waals surface area contributed by atoms with Crippen LogP contribution in [0.2, 0.25) is 5.02 Å². The first-order chi connectivity index (χ1) is 13.4. The van der Waals surface area contributed by atoms with Crippen LogP contribution in [0.25, 0.3) is 0 Å². The highest BCUT2D eigenvalue weighted by Crippen LogP contribution is 2.28. The molecule has 28 heavy (non-hydrogen) atoms. The molecular formula is C21H23ClFN3OS. The highest BCUT2D eigenvalue weighted by Gasteiger charge is 2.20. The van der Waals surface area contributed by atoms with E-state index in [9.17, 15) is 4.39 Å². The first-order valence-electron chi connectivity index (χ1n) is 9.15. The quantitative estimate of drug-likeness (QED) is 0.410. The number of aromatic nitrogens is 3. The molecule has 148 valence electrons. The van der Waals surface area contributed by atoms with Crippen LogP contribution in [0, 0.1) is 11.7 Å². The molecule has 4 nitrogen and oxygen atoms in total. The summed E-state index contributed by atoms with van der Waals surface area (Å²) in [5.41, 5.74) is 1.17. The topological polar surface area (TPSA) is 39.9 Å². The van der Waals surface area contributed by atoms with Gasteiger partial charge in [0.05, 0.1) is 0 Å². The van der Waals surface area contributed by atoms with E-state index in [0.717, 1.165) is 28.3 Å². The molecule has 0 N–H and O–H groups in total. The predicted octanol–water partition coefficient (Wildman–Crippen LogP) is 6.16. The Hall–Kier alpha value is -2.05. The normalized spacial score (nSPS) is 12.4. The lowest BCUT2D eigenvalue weighted by atomic mass is 10.2. The number of rotatable bonds is 8. The zero-order valence-electron chi connectivity index (χ0n) is 16.1. The van der Waals surface area contributed by atoms with Gasteiger partial charge in [-0.2, -0.15) is 0 Å². The minimum atomic E-state index is -0.304. The molecular weight excluding hydrogens is 397 g/mol. The molecule has 0 spiro atoms. The molecule has 0 saturated heterocycles. The van der Waals surface area contributed by atoms with Crippen molar-refractivity contribution in [3.8, 4) is 5.75 Å². The van der Waals surface area contributed by atoms with E-state index in [1.54, 1.807) is 23.9 Å². The lowest BCUT2D eigenvalue weighted by Crippen LogP contribution is -2.15. The third kappa shape index (κ3) is 5.49. The molecule has 0 amide bonds. The van der Waals surface area contributed by atoms with Crippen LogP contribution in [0.5, 0.6) is 5.75 Å². The van der Waals surface area contributed by atoms with Crippen LogP contribution in [-0.2, 0) is 12.3 Å². The van der Waals surface area contributed by atoms with Crippen LogP contribution >= 0.6 is 23.4 Å². The largest absolute Gasteiger partial charge is 0.483 e. The molecule has 1 heterocycles. The number of ether oxygens (including phenoxy) is 1. The summed E-state index contributed by atoms with van der Waals surface area (Å²) >= 11 is 7.59. The number of thioether (sulfide) groups is 1. The molecule has 0 fully saturated rings. The lowest BCUT2D eigenvalue weighted by molar-refractivity contribution is 0.207. The second kappa shape index (κ2) is 9.43. The van der Waals surface area contributed by atoms with Gasteiger partial charge in [-0.25, -0.2) is 4.39 Å². The smallest absolute Gasteiger partial charge is 0.191 e. The summed E-state index contributed by atoms with van der Waals surface area (Å²) in [4.78, 5) is 0. The van der Waals surface area contributed by atoms with Crippen molar-refractivity contribution >= 4 is 23.4 Å². The summed E-state index contributed by atoms with van der Waals surface area (Å²) in [6.07, 6.45) is -0.304. The van der Waals surface area contributed by atoms with E-state index >= 15 is 0 Å². The Balaban J connectivity index is 1.76. The minimum absolute atomic E-state index is 0.288. The van der Waals surface area contributed by atoms with Gasteiger partial charge in [0.1, 0.15) is 11.6 Å². The van der Waals surface area contributed by atoms with Gasteiger partial charge in [0.25, 0.3) is 0 Å². The summed E-state index contributed by atoms with van der Waals surface area (Å²) in [5, 5.41) is 10.4. The van der Waals surface area contributed by atoms with Crippen molar-refractivity contribution in [3.05, 3.63) is 70.8 Å². The van der Waals surface area contributed by atoms with Crippen molar-refractivity contribution in [2.24, 2.45) is 5.92 Å². The van der Waals surface area contributed by atoms with Gasteiger partial charge in [-0.05, 0) is 54.8 Å². The maximum atomic E-state index is 13.1. The fraction of sp³-hybridized carbons (Fsp3) is 0.333. The Labute approximate surface area is 174 Å². The van der Waals surface area contributed by atoms with Crippen molar-refractivity contribution in [1.82, 2.24) is 14.8 Å². The Morgan fingerprint density at radius 1 is 1.04 bits per heavy atom. The molecule has 0 aliphatic heterocycles. The van der Waals surface area contributed by atoms with Crippen molar-refractivity contribution in [1.29, 1.82) is 0 Å². The highest BCUT2D eigenvalue weighted by atomic mass is 35.5. The van der Waals surface area contributed by atoms with Gasteiger partial charge in [0.15, 0.2) is 17.1 Å². The van der Waals surface area contributed by atoms with Crippen molar-refractivity contribution in [2.45, 2.75) is 44.3 Å². The molecule has 0 saturated carbocycles. The van der Waals surface area contributed by atoms with Crippen LogP contribution in [0.15, 0.2) is 53.7 Å². The summed E-state index contributed by atoms with van der Waals surface area (Å²) in [6.45, 7) is 7.03. The van der Waals surface area contributed by atoms with Crippen LogP contribution in [0.1, 0.15) is 38.3 Å². The van der Waals surface area contributed by atoms with E-state index in [1.165, 1.54) is 17.7 Å². The second-order valence-corrected chi connectivity index (χ2v) is 8.35. The van der Waals surface area contributed by atoms with E-state index in [2.05, 4.69) is 28.6 Å². The van der Waals surface area contributed by atoms with Gasteiger partial charge in [-0.15, -0.1) is 10.2 Å². The average molecular weight is 420 g/mol. The Kier molecular flexibility index (Phi) is 6.97. The van der Waals surface area contributed by atoms with E-state index in [1.807, 2.05) is 31.2 Å². The maximum Gasteiger partial charge on any atom is 0.191 e. The number of hydrogen-bond acceptors (Lipinski definition) is 4. The molecule has 1 aromatic heterocycles. The first-order valence-corrected chi connectivity index (χ1v) is 10.5. The molecule has 2 aromatic carbocycles. The molecule has 1 atom stereocenters. The highest BCUT2D eigenvalue weighted by molar-refractivity contribution is 7.98. The average Bonchev–Trinajstić information content (AvgIpc) is 3.05. The number of hydrogen-bond donors (Lipinski definition) is 0. The van der Waals surface area contributed by atoms with Crippen LogP contribution in [0.4, 0.5) is 4.39 Å². The van der Waals surface area contributed by atoms with Crippen molar-refractivity contribution in [3.63, 3.8) is 0 Å². The zero-order chi connectivity index (χ0) is 20.1. The van der Waals surface area contributed by atoms with E-state index in [0.29, 0.717) is 11.7 Å². The number of nitrogens with zero attached hydrogens (tertiary/aromatic N) is 3. The van der Waals surface area contributed by atoms with E-state index in [4.69, 9.17) is 16.3 Å². The lowest BCUT2D eigenvalue weighted by Gasteiger charge is -2.18. The summed E-state index contributed by atoms with van der Waals surface area (Å²) in [7, 11) is 0. The molecule has 3 rings (SSSR count). The van der Waals surface area contributed by atoms with Gasteiger partial charge in [-0.1, -0.05) is 49.3 Å². The summed E-state index contributed by atoms with van der Waals surface area (Å²) in [6, 6.07) is 13.8. The molecule has 0 aliphatic rings. The van der Waals surface area contributed by atoms with Crippen LogP contribution in [0.3, 0.4) is 0 Å². The summed E-state index contributed by atoms with van der Waals surface area (Å²) < 4.78 is 21.2. The van der Waals surface area contributed by atoms with E-state index in [-0.39, 0.29) is 11.9 Å². The van der Waals surface area contributed by atoms with Gasteiger partial charge in [0.2, 0.25) is 0 Å². The van der Waals surface area contributed by atoms with E-state index < -0.39 is 0 Å². The molecule has 0 radical (unpaired) electrons. The van der Waals surface area contributed by atoms with Crippen LogP contribution < -0.4 is 4.74 Å². The second-order valence-electron chi connectivity index (χ2n) is 6.97. The van der Waals surface area contributed by atoms with Gasteiger partial charge in [-0.3, -0.25) is 0 Å². The molecule has 0 aliphatic carbocycles. The third-order valence-corrected chi connectivity index (χ3v) is 5.35. The maximum absolute atomic E-state index is 13.1. The van der Waals surface area contributed by atoms with Gasteiger partial charge >= 0.3 is 0 Å². The molecule has 0 bridgehead atoms. The fourth-order valence-corrected chi connectivity index (χ4v) is 3.78. The van der Waals surface area contributed by atoms with Crippen LogP contribution in [-0.4, -0.2) is 14.8 Å². The monoisotopic (exact) mass is 419 g/mol. The third-order valence-electron chi connectivity index (χ3n) is 4.06. The zero-order valence-corrected chi connectivity index (χ0v) is 17.7. The SMILES string of the molecule is CC(C)Cn1c(SCc2ccc(Cl)cc2)nnc1C(C)Oc1ccc(F)cc1. The predicted molar refractivity (Wildman–Crippen MR) is 111 cm³/mol. The van der Waals surface area contributed by atoms with Crippen molar-refractivity contribution in [2.75, 3.05) is 0 Å². The Morgan fingerprint density at radius 3 is 2.36 bits per heavy atom. The Bertz CT molecular complexity index is 897. The number of benzene rings is 2. The fourth-order valence-electron chi connectivity index (χ4n) is 2.74. The first kappa shape index (κ1) is 20.7. The van der Waals surface area contributed by atoms with Gasteiger partial charge in [0, 0.05) is 17.3 Å².